The molecule has 2 rings (SSSR count). The fraction of sp³-hybridized carbons (Fsp3) is 1.00. The van der Waals surface area contributed by atoms with Crippen LogP contribution in [-0.4, -0.2) is 29.7 Å². The highest BCUT2D eigenvalue weighted by Crippen LogP contribution is 2.57. The van der Waals surface area contributed by atoms with Crippen LogP contribution in [0, 0.1) is 17.3 Å². The maximum Gasteiger partial charge on any atom is 0.159 e. The molecule has 2 saturated heterocycles. The second-order valence-electron chi connectivity index (χ2n) is 6.04. The number of ether oxygens (including phenoxy) is 2. The van der Waals surface area contributed by atoms with E-state index < -0.39 is 0 Å². The summed E-state index contributed by atoms with van der Waals surface area (Å²) in [6.07, 6.45) is 0.625. The summed E-state index contributed by atoms with van der Waals surface area (Å²) in [5.41, 5.74) is -0.314. The van der Waals surface area contributed by atoms with Crippen molar-refractivity contribution < 1.29 is 14.6 Å². The molecule has 0 amide bonds. The molecule has 0 aliphatic carbocycles. The van der Waals surface area contributed by atoms with Gasteiger partial charge in [-0.25, -0.2) is 0 Å². The van der Waals surface area contributed by atoms with Crippen LogP contribution in [0.1, 0.15) is 41.0 Å². The molecule has 0 aromatic heterocycles. The minimum absolute atomic E-state index is 0.0437. The molecule has 0 radical (unpaired) electrons. The summed E-state index contributed by atoms with van der Waals surface area (Å²) in [6, 6.07) is 0. The number of aliphatic hydroxyl groups excluding tert-OH is 1. The Labute approximate surface area is 98.1 Å². The molecule has 1 N–H and O–H groups in total. The molecule has 3 heteroatoms. The van der Waals surface area contributed by atoms with Crippen molar-refractivity contribution in [2.45, 2.75) is 59.0 Å². The lowest BCUT2D eigenvalue weighted by atomic mass is 9.57. The molecule has 0 saturated carbocycles. The van der Waals surface area contributed by atoms with Gasteiger partial charge in [-0.2, -0.15) is 0 Å². The summed E-state index contributed by atoms with van der Waals surface area (Å²) in [6.45, 7) is 11.2. The Morgan fingerprint density at radius 2 is 2.00 bits per heavy atom. The minimum Gasteiger partial charge on any atom is -0.394 e. The maximum atomic E-state index is 9.47. The first-order valence-electron chi connectivity index (χ1n) is 6.30. The van der Waals surface area contributed by atoms with Crippen LogP contribution in [0.2, 0.25) is 0 Å². The smallest absolute Gasteiger partial charge is 0.159 e. The van der Waals surface area contributed by atoms with Crippen molar-refractivity contribution in [3.8, 4) is 0 Å². The van der Waals surface area contributed by atoms with Gasteiger partial charge in [0.2, 0.25) is 0 Å². The number of rotatable bonds is 2. The van der Waals surface area contributed by atoms with E-state index in [1.807, 2.05) is 0 Å². The zero-order valence-corrected chi connectivity index (χ0v) is 11.0. The molecule has 0 spiro atoms. The number of hydrogen-bond acceptors (Lipinski definition) is 3. The summed E-state index contributed by atoms with van der Waals surface area (Å²) in [5, 5.41) is 9.47. The number of hydrogen-bond donors (Lipinski definition) is 1. The Kier molecular flexibility index (Phi) is 2.84. The Morgan fingerprint density at radius 3 is 2.50 bits per heavy atom. The molecule has 2 aliphatic heterocycles. The third-order valence-corrected chi connectivity index (χ3v) is 5.31. The SMILES string of the molecule is CC(C)C1(C)C(C)CC2OC(CO)C1(C)O2. The van der Waals surface area contributed by atoms with Gasteiger partial charge in [0.25, 0.3) is 0 Å². The van der Waals surface area contributed by atoms with Gasteiger partial charge in [0.1, 0.15) is 11.7 Å². The Hall–Kier alpha value is -0.120. The van der Waals surface area contributed by atoms with E-state index in [9.17, 15) is 5.11 Å². The zero-order valence-electron chi connectivity index (χ0n) is 11.0. The normalized spacial score (nSPS) is 52.3. The van der Waals surface area contributed by atoms with Crippen LogP contribution >= 0.6 is 0 Å². The molecule has 94 valence electrons. The van der Waals surface area contributed by atoms with Gasteiger partial charge in [-0.15, -0.1) is 0 Å². The largest absolute Gasteiger partial charge is 0.394 e. The van der Waals surface area contributed by atoms with E-state index in [0.29, 0.717) is 11.8 Å². The van der Waals surface area contributed by atoms with Crippen LogP contribution in [-0.2, 0) is 9.47 Å². The van der Waals surface area contributed by atoms with Crippen molar-refractivity contribution >= 4 is 0 Å². The lowest BCUT2D eigenvalue weighted by molar-refractivity contribution is -0.208. The molecule has 2 heterocycles. The van der Waals surface area contributed by atoms with E-state index in [4.69, 9.17) is 9.47 Å². The molecule has 2 fully saturated rings. The maximum absolute atomic E-state index is 9.47. The van der Waals surface area contributed by atoms with Gasteiger partial charge in [0.15, 0.2) is 6.29 Å². The Bertz CT molecular complexity index is 278. The van der Waals surface area contributed by atoms with Crippen molar-refractivity contribution in [3.63, 3.8) is 0 Å². The van der Waals surface area contributed by atoms with Crippen molar-refractivity contribution in [2.75, 3.05) is 6.61 Å². The molecule has 16 heavy (non-hydrogen) atoms. The third kappa shape index (κ3) is 1.31. The quantitative estimate of drug-likeness (QED) is 0.787. The first-order valence-corrected chi connectivity index (χ1v) is 6.30. The summed E-state index contributed by atoms with van der Waals surface area (Å²) in [4.78, 5) is 0. The second kappa shape index (κ2) is 3.69. The highest BCUT2D eigenvalue weighted by atomic mass is 16.7. The van der Waals surface area contributed by atoms with Crippen LogP contribution in [0.5, 0.6) is 0 Å². The average Bonchev–Trinajstić information content (AvgIpc) is 2.50. The Balaban J connectivity index is 2.42. The van der Waals surface area contributed by atoms with E-state index in [-0.39, 0.29) is 30.0 Å². The highest BCUT2D eigenvalue weighted by molar-refractivity contribution is 5.09. The van der Waals surface area contributed by atoms with Crippen LogP contribution in [0.25, 0.3) is 0 Å². The number of fused-ring (bicyclic) bond motifs is 2. The molecular formula is C13H24O3. The lowest BCUT2D eigenvalue weighted by Gasteiger charge is -2.54. The van der Waals surface area contributed by atoms with Crippen molar-refractivity contribution in [3.05, 3.63) is 0 Å². The molecule has 2 bridgehead atoms. The lowest BCUT2D eigenvalue weighted by Crippen LogP contribution is -2.59. The molecule has 0 aromatic carbocycles. The summed E-state index contributed by atoms with van der Waals surface area (Å²) in [7, 11) is 0. The topological polar surface area (TPSA) is 38.7 Å². The van der Waals surface area contributed by atoms with Crippen LogP contribution < -0.4 is 0 Å². The van der Waals surface area contributed by atoms with E-state index in [1.165, 1.54) is 0 Å². The molecular weight excluding hydrogens is 204 g/mol. The van der Waals surface area contributed by atoms with Gasteiger partial charge in [-0.05, 0) is 18.8 Å². The highest BCUT2D eigenvalue weighted by Gasteiger charge is 2.63. The third-order valence-electron chi connectivity index (χ3n) is 5.31. The van der Waals surface area contributed by atoms with Gasteiger partial charge in [0, 0.05) is 11.8 Å². The standard InChI is InChI=1S/C13H24O3/c1-8(2)12(4)9(3)6-11-15-10(7-14)13(12,5)16-11/h8-11,14H,6-7H2,1-5H3. The first kappa shape index (κ1) is 12.3. The van der Waals surface area contributed by atoms with E-state index >= 15 is 0 Å². The fourth-order valence-corrected chi connectivity index (χ4v) is 3.65. The van der Waals surface area contributed by atoms with E-state index in [0.717, 1.165) is 6.42 Å². The molecule has 5 atom stereocenters. The predicted octanol–water partition coefficient (Wildman–Crippen LogP) is 2.18. The molecule has 2 aliphatic rings. The molecule has 0 aromatic rings. The van der Waals surface area contributed by atoms with Crippen molar-refractivity contribution in [1.29, 1.82) is 0 Å². The summed E-state index contributed by atoms with van der Waals surface area (Å²) >= 11 is 0. The Morgan fingerprint density at radius 1 is 1.38 bits per heavy atom. The van der Waals surface area contributed by atoms with Gasteiger partial charge in [-0.1, -0.05) is 27.7 Å². The van der Waals surface area contributed by atoms with Crippen LogP contribution in [0.15, 0.2) is 0 Å². The summed E-state index contributed by atoms with van der Waals surface area (Å²) in [5.74, 6) is 1.05. The van der Waals surface area contributed by atoms with Gasteiger partial charge in [0.05, 0.1) is 6.61 Å². The first-order chi connectivity index (χ1) is 7.36. The molecule has 3 nitrogen and oxygen atoms in total. The van der Waals surface area contributed by atoms with E-state index in [2.05, 4.69) is 34.6 Å². The monoisotopic (exact) mass is 228 g/mol. The van der Waals surface area contributed by atoms with Gasteiger partial charge >= 0.3 is 0 Å². The van der Waals surface area contributed by atoms with Crippen molar-refractivity contribution in [1.82, 2.24) is 0 Å². The zero-order chi connectivity index (χ0) is 12.1. The van der Waals surface area contributed by atoms with E-state index in [1.54, 1.807) is 0 Å². The van der Waals surface area contributed by atoms with Crippen LogP contribution in [0.3, 0.4) is 0 Å². The average molecular weight is 228 g/mol. The van der Waals surface area contributed by atoms with Crippen molar-refractivity contribution in [2.24, 2.45) is 17.3 Å². The summed E-state index contributed by atoms with van der Waals surface area (Å²) < 4.78 is 11.8. The second-order valence-corrected chi connectivity index (χ2v) is 6.04. The van der Waals surface area contributed by atoms with Gasteiger partial charge in [-0.3, -0.25) is 0 Å². The molecule has 5 unspecified atom stereocenters. The fourth-order valence-electron chi connectivity index (χ4n) is 3.65. The number of aliphatic hydroxyl groups is 1. The minimum atomic E-state index is -0.363. The predicted molar refractivity (Wildman–Crippen MR) is 62.0 cm³/mol. The van der Waals surface area contributed by atoms with Crippen LogP contribution in [0.4, 0.5) is 0 Å². The van der Waals surface area contributed by atoms with Gasteiger partial charge < -0.3 is 14.6 Å².